The Morgan fingerprint density at radius 1 is 1.21 bits per heavy atom. The van der Waals surface area contributed by atoms with Crippen LogP contribution in [0.4, 0.5) is 4.39 Å². The van der Waals surface area contributed by atoms with Crippen LogP contribution in [0.2, 0.25) is 0 Å². The second-order valence-electron chi connectivity index (χ2n) is 7.48. The molecule has 3 atom stereocenters. The van der Waals surface area contributed by atoms with Crippen LogP contribution in [-0.4, -0.2) is 63.4 Å². The molecule has 0 spiro atoms. The van der Waals surface area contributed by atoms with Crippen molar-refractivity contribution in [3.63, 3.8) is 0 Å². The molecule has 4 heterocycles. The van der Waals surface area contributed by atoms with Gasteiger partial charge in [-0.3, -0.25) is 14.6 Å². The third kappa shape index (κ3) is 4.12. The van der Waals surface area contributed by atoms with Gasteiger partial charge < -0.3 is 14.5 Å². The Bertz CT molecular complexity index is 895. The molecule has 0 unspecified atom stereocenters. The Morgan fingerprint density at radius 2 is 2.07 bits per heavy atom. The van der Waals surface area contributed by atoms with E-state index in [1.165, 1.54) is 12.3 Å². The van der Waals surface area contributed by atoms with Crippen molar-refractivity contribution in [3.05, 3.63) is 59.9 Å². The minimum Gasteiger partial charge on any atom is -0.363 e. The molecule has 2 aromatic heterocycles. The standard InChI is InChI=1S/C21H23FN4O3/c1-25(13-15-4-2-3-9-23-15)21(28)18-6-5-16-17(29-18)8-11-26(16)20(27)14-7-10-24-19(22)12-14/h2-4,7,9-10,12,16-18H,5-6,8,11,13H2,1H3/t16-,17-,18+/m1/s1. The molecule has 0 bridgehead atoms. The van der Waals surface area contributed by atoms with Gasteiger partial charge in [-0.1, -0.05) is 6.07 Å². The highest BCUT2D eigenvalue weighted by molar-refractivity contribution is 5.94. The summed E-state index contributed by atoms with van der Waals surface area (Å²) in [6.07, 6.45) is 4.18. The zero-order valence-electron chi connectivity index (χ0n) is 16.2. The average molecular weight is 398 g/mol. The van der Waals surface area contributed by atoms with Gasteiger partial charge in [-0.2, -0.15) is 4.39 Å². The monoisotopic (exact) mass is 398 g/mol. The smallest absolute Gasteiger partial charge is 0.254 e. The average Bonchev–Trinajstić information content (AvgIpc) is 3.16. The summed E-state index contributed by atoms with van der Waals surface area (Å²) < 4.78 is 19.4. The summed E-state index contributed by atoms with van der Waals surface area (Å²) in [7, 11) is 1.74. The van der Waals surface area contributed by atoms with Crippen molar-refractivity contribution in [3.8, 4) is 0 Å². The summed E-state index contributed by atoms with van der Waals surface area (Å²) in [5.74, 6) is -0.970. The van der Waals surface area contributed by atoms with Crippen LogP contribution in [0.25, 0.3) is 0 Å². The fourth-order valence-corrected chi connectivity index (χ4v) is 4.12. The SMILES string of the molecule is CN(Cc1ccccn1)C(=O)[C@@H]1CC[C@@H]2[C@@H](CCN2C(=O)c2ccnc(F)c2)O1. The molecule has 2 aromatic rings. The summed E-state index contributed by atoms with van der Waals surface area (Å²) in [6.45, 7) is 0.953. The Morgan fingerprint density at radius 3 is 2.83 bits per heavy atom. The fourth-order valence-electron chi connectivity index (χ4n) is 4.12. The molecule has 7 nitrogen and oxygen atoms in total. The first-order valence-electron chi connectivity index (χ1n) is 9.76. The molecule has 2 amide bonds. The third-order valence-electron chi connectivity index (χ3n) is 5.56. The molecule has 2 aliphatic rings. The number of likely N-dealkylation sites (tertiary alicyclic amines) is 1. The van der Waals surface area contributed by atoms with Crippen LogP contribution in [0, 0.1) is 5.95 Å². The summed E-state index contributed by atoms with van der Waals surface area (Å²) in [6, 6.07) is 8.18. The fraction of sp³-hybridized carbons (Fsp3) is 0.429. The maximum absolute atomic E-state index is 13.4. The maximum atomic E-state index is 13.4. The number of carbonyl (C=O) groups excluding carboxylic acids is 2. The molecular formula is C21H23FN4O3. The lowest BCUT2D eigenvalue weighted by Gasteiger charge is -2.36. The number of likely N-dealkylation sites (N-methyl/N-ethyl adjacent to an activating group) is 1. The molecule has 8 heteroatoms. The Kier molecular flexibility index (Phi) is 5.53. The van der Waals surface area contributed by atoms with Crippen molar-refractivity contribution >= 4 is 11.8 Å². The molecular weight excluding hydrogens is 375 g/mol. The van der Waals surface area contributed by atoms with E-state index in [2.05, 4.69) is 9.97 Å². The molecule has 2 fully saturated rings. The van der Waals surface area contributed by atoms with Gasteiger partial charge in [-0.15, -0.1) is 0 Å². The van der Waals surface area contributed by atoms with Crippen molar-refractivity contribution in [1.29, 1.82) is 0 Å². The van der Waals surface area contributed by atoms with Crippen LogP contribution in [0.15, 0.2) is 42.7 Å². The molecule has 2 aliphatic heterocycles. The second kappa shape index (κ2) is 8.24. The van der Waals surface area contributed by atoms with Crippen molar-refractivity contribution in [2.45, 2.75) is 44.1 Å². The van der Waals surface area contributed by atoms with Gasteiger partial charge >= 0.3 is 0 Å². The molecule has 29 heavy (non-hydrogen) atoms. The van der Waals surface area contributed by atoms with Gasteiger partial charge in [0.15, 0.2) is 0 Å². The number of carbonyl (C=O) groups is 2. The third-order valence-corrected chi connectivity index (χ3v) is 5.56. The first-order valence-corrected chi connectivity index (χ1v) is 9.76. The lowest BCUT2D eigenvalue weighted by molar-refractivity contribution is -0.153. The molecule has 0 aromatic carbocycles. The minimum atomic E-state index is -0.673. The van der Waals surface area contributed by atoms with Crippen LogP contribution in [-0.2, 0) is 16.1 Å². The number of aromatic nitrogens is 2. The first-order chi connectivity index (χ1) is 14.0. The van der Waals surface area contributed by atoms with Crippen molar-refractivity contribution in [2.75, 3.05) is 13.6 Å². The van der Waals surface area contributed by atoms with Crippen LogP contribution in [0.3, 0.4) is 0 Å². The van der Waals surface area contributed by atoms with E-state index in [1.807, 2.05) is 18.2 Å². The summed E-state index contributed by atoms with van der Waals surface area (Å²) in [5.41, 5.74) is 1.10. The van der Waals surface area contributed by atoms with E-state index in [-0.39, 0.29) is 29.5 Å². The van der Waals surface area contributed by atoms with Gasteiger partial charge in [0.05, 0.1) is 24.4 Å². The van der Waals surface area contributed by atoms with E-state index in [0.29, 0.717) is 32.4 Å². The molecule has 2 saturated heterocycles. The van der Waals surface area contributed by atoms with E-state index in [0.717, 1.165) is 11.8 Å². The van der Waals surface area contributed by atoms with Crippen LogP contribution in [0.5, 0.6) is 0 Å². The molecule has 0 aliphatic carbocycles. The second-order valence-corrected chi connectivity index (χ2v) is 7.48. The molecule has 0 N–H and O–H groups in total. The Hall–Kier alpha value is -2.87. The number of halogens is 1. The number of nitrogens with zero attached hydrogens (tertiary/aromatic N) is 4. The number of hydrogen-bond donors (Lipinski definition) is 0. The van der Waals surface area contributed by atoms with Crippen LogP contribution >= 0.6 is 0 Å². The summed E-state index contributed by atoms with van der Waals surface area (Å²) in [5, 5.41) is 0. The highest BCUT2D eigenvalue weighted by Crippen LogP contribution is 2.33. The zero-order valence-corrected chi connectivity index (χ0v) is 16.2. The number of fused-ring (bicyclic) bond motifs is 1. The van der Waals surface area contributed by atoms with E-state index in [4.69, 9.17) is 4.74 Å². The van der Waals surface area contributed by atoms with Crippen molar-refractivity contribution in [1.82, 2.24) is 19.8 Å². The van der Waals surface area contributed by atoms with Gasteiger partial charge in [0, 0.05) is 37.6 Å². The highest BCUT2D eigenvalue weighted by Gasteiger charge is 2.44. The number of ether oxygens (including phenoxy) is 1. The minimum absolute atomic E-state index is 0.0740. The van der Waals surface area contributed by atoms with E-state index >= 15 is 0 Å². The van der Waals surface area contributed by atoms with Gasteiger partial charge in [0.2, 0.25) is 5.95 Å². The van der Waals surface area contributed by atoms with Crippen molar-refractivity contribution < 1.29 is 18.7 Å². The van der Waals surface area contributed by atoms with Gasteiger partial charge in [0.1, 0.15) is 6.10 Å². The highest BCUT2D eigenvalue weighted by atomic mass is 19.1. The molecule has 152 valence electrons. The van der Waals surface area contributed by atoms with Gasteiger partial charge in [0.25, 0.3) is 11.8 Å². The summed E-state index contributed by atoms with van der Waals surface area (Å²) in [4.78, 5) is 36.7. The van der Waals surface area contributed by atoms with Gasteiger partial charge in [-0.25, -0.2) is 4.98 Å². The van der Waals surface area contributed by atoms with E-state index in [1.54, 1.807) is 23.0 Å². The largest absolute Gasteiger partial charge is 0.363 e. The predicted molar refractivity (Wildman–Crippen MR) is 102 cm³/mol. The zero-order chi connectivity index (χ0) is 20.4. The summed E-state index contributed by atoms with van der Waals surface area (Å²) >= 11 is 0. The maximum Gasteiger partial charge on any atom is 0.254 e. The molecule has 0 saturated carbocycles. The number of hydrogen-bond acceptors (Lipinski definition) is 5. The molecule has 4 rings (SSSR count). The lowest BCUT2D eigenvalue weighted by atomic mass is 9.98. The van der Waals surface area contributed by atoms with E-state index < -0.39 is 12.1 Å². The quantitative estimate of drug-likeness (QED) is 0.737. The van der Waals surface area contributed by atoms with Crippen LogP contribution < -0.4 is 0 Å². The topological polar surface area (TPSA) is 75.6 Å². The number of rotatable bonds is 4. The van der Waals surface area contributed by atoms with Gasteiger partial charge in [-0.05, 0) is 37.5 Å². The van der Waals surface area contributed by atoms with Crippen LogP contribution in [0.1, 0.15) is 35.3 Å². The predicted octanol–water partition coefficient (Wildman–Crippen LogP) is 2.04. The number of amides is 2. The van der Waals surface area contributed by atoms with E-state index in [9.17, 15) is 14.0 Å². The lowest BCUT2D eigenvalue weighted by Crippen LogP contribution is -2.49. The first kappa shape index (κ1) is 19.4. The Balaban J connectivity index is 1.37. The number of pyridine rings is 2. The molecule has 0 radical (unpaired) electrons. The Labute approximate surface area is 168 Å². The normalized spacial score (nSPS) is 23.5. The van der Waals surface area contributed by atoms with Crippen molar-refractivity contribution in [2.24, 2.45) is 0 Å².